The normalized spacial score (nSPS) is 11.6. The summed E-state index contributed by atoms with van der Waals surface area (Å²) >= 11 is 0. The second-order valence-electron chi connectivity index (χ2n) is 7.47. The van der Waals surface area contributed by atoms with Gasteiger partial charge in [-0.05, 0) is 31.5 Å². The standard InChI is InChI=1S/C24H25N3O6/c1-4-32-22(29)14-21-23(20(15-26(30)31)18-10-8-9-16(2)13-18)24(33-17(3)28)27(25-21)19-11-6-5-7-12-19/h5-13,20H,4,14-15H2,1-3H3/t20-/m1/s1. The van der Waals surface area contributed by atoms with Crippen LogP contribution in [0.2, 0.25) is 0 Å². The number of nitro groups is 1. The van der Waals surface area contributed by atoms with Crippen molar-refractivity contribution in [1.29, 1.82) is 0 Å². The molecule has 172 valence electrons. The maximum atomic E-state index is 12.4. The molecule has 0 bridgehead atoms. The summed E-state index contributed by atoms with van der Waals surface area (Å²) in [6, 6.07) is 16.2. The second kappa shape index (κ2) is 10.5. The van der Waals surface area contributed by atoms with Crippen LogP contribution in [0.5, 0.6) is 5.88 Å². The lowest BCUT2D eigenvalue weighted by atomic mass is 9.89. The van der Waals surface area contributed by atoms with Crippen molar-refractivity contribution in [2.75, 3.05) is 13.2 Å². The van der Waals surface area contributed by atoms with Crippen molar-refractivity contribution in [2.45, 2.75) is 33.1 Å². The molecule has 9 nitrogen and oxygen atoms in total. The zero-order valence-corrected chi connectivity index (χ0v) is 18.7. The van der Waals surface area contributed by atoms with Gasteiger partial charge in [0.05, 0.1) is 35.9 Å². The van der Waals surface area contributed by atoms with Gasteiger partial charge in [-0.2, -0.15) is 5.10 Å². The van der Waals surface area contributed by atoms with Crippen LogP contribution in [0.15, 0.2) is 54.6 Å². The average molecular weight is 451 g/mol. The molecular weight excluding hydrogens is 426 g/mol. The van der Waals surface area contributed by atoms with Gasteiger partial charge in [-0.1, -0.05) is 48.0 Å². The molecule has 0 radical (unpaired) electrons. The van der Waals surface area contributed by atoms with Gasteiger partial charge in [0, 0.05) is 11.8 Å². The van der Waals surface area contributed by atoms with Gasteiger partial charge < -0.3 is 9.47 Å². The molecule has 0 amide bonds. The van der Waals surface area contributed by atoms with Gasteiger partial charge in [-0.25, -0.2) is 4.68 Å². The summed E-state index contributed by atoms with van der Waals surface area (Å²) in [4.78, 5) is 35.6. The number of aromatic nitrogens is 2. The topological polar surface area (TPSA) is 114 Å². The van der Waals surface area contributed by atoms with Gasteiger partial charge in [-0.3, -0.25) is 19.7 Å². The molecule has 0 unspecified atom stereocenters. The molecule has 1 atom stereocenters. The van der Waals surface area contributed by atoms with Crippen molar-refractivity contribution in [2.24, 2.45) is 0 Å². The highest BCUT2D eigenvalue weighted by Gasteiger charge is 2.33. The monoisotopic (exact) mass is 451 g/mol. The molecule has 1 heterocycles. The number of hydrogen-bond acceptors (Lipinski definition) is 7. The van der Waals surface area contributed by atoms with Gasteiger partial charge >= 0.3 is 11.9 Å². The Kier molecular flexibility index (Phi) is 7.55. The Bertz CT molecular complexity index is 1160. The molecule has 0 N–H and O–H groups in total. The zero-order chi connectivity index (χ0) is 24.0. The first-order chi connectivity index (χ1) is 15.8. The highest BCUT2D eigenvalue weighted by atomic mass is 16.6. The summed E-state index contributed by atoms with van der Waals surface area (Å²) in [5.41, 5.74) is 2.70. The van der Waals surface area contributed by atoms with E-state index >= 15 is 0 Å². The fourth-order valence-corrected chi connectivity index (χ4v) is 3.66. The van der Waals surface area contributed by atoms with Crippen LogP contribution in [0.4, 0.5) is 0 Å². The number of benzene rings is 2. The van der Waals surface area contributed by atoms with Crippen molar-refractivity contribution in [1.82, 2.24) is 9.78 Å². The molecule has 0 saturated carbocycles. The van der Waals surface area contributed by atoms with E-state index in [9.17, 15) is 19.7 Å². The molecule has 0 saturated heterocycles. The molecule has 1 aromatic heterocycles. The third-order valence-electron chi connectivity index (χ3n) is 4.94. The maximum absolute atomic E-state index is 12.4. The van der Waals surface area contributed by atoms with E-state index < -0.39 is 29.3 Å². The van der Waals surface area contributed by atoms with E-state index in [-0.39, 0.29) is 24.6 Å². The first-order valence-electron chi connectivity index (χ1n) is 10.5. The summed E-state index contributed by atoms with van der Waals surface area (Å²) in [5, 5.41) is 16.2. The van der Waals surface area contributed by atoms with Crippen LogP contribution in [0.1, 0.15) is 42.1 Å². The predicted molar refractivity (Wildman–Crippen MR) is 120 cm³/mol. The zero-order valence-electron chi connectivity index (χ0n) is 18.7. The SMILES string of the molecule is CCOC(=O)Cc1nn(-c2ccccc2)c(OC(C)=O)c1[C@H](C[N+](=O)[O-])c1cccc(C)c1. The fraction of sp³-hybridized carbons (Fsp3) is 0.292. The molecule has 0 aliphatic carbocycles. The molecule has 0 aliphatic rings. The van der Waals surface area contributed by atoms with E-state index in [0.29, 0.717) is 16.8 Å². The van der Waals surface area contributed by atoms with Crippen LogP contribution >= 0.6 is 0 Å². The Morgan fingerprint density at radius 2 is 1.88 bits per heavy atom. The third-order valence-corrected chi connectivity index (χ3v) is 4.94. The largest absolute Gasteiger partial charge is 0.466 e. The van der Waals surface area contributed by atoms with Gasteiger partial charge in [0.25, 0.3) is 0 Å². The second-order valence-corrected chi connectivity index (χ2v) is 7.47. The van der Waals surface area contributed by atoms with Gasteiger partial charge in [0.1, 0.15) is 0 Å². The van der Waals surface area contributed by atoms with Crippen LogP contribution in [-0.2, 0) is 20.7 Å². The predicted octanol–water partition coefficient (Wildman–Crippen LogP) is 3.62. The Labute approximate surface area is 191 Å². The molecule has 3 aromatic rings. The average Bonchev–Trinajstić information content (AvgIpc) is 3.09. The molecule has 33 heavy (non-hydrogen) atoms. The quantitative estimate of drug-likeness (QED) is 0.277. The highest BCUT2D eigenvalue weighted by molar-refractivity contribution is 5.74. The molecule has 0 fully saturated rings. The maximum Gasteiger partial charge on any atom is 0.311 e. The lowest BCUT2D eigenvalue weighted by Gasteiger charge is -2.17. The third kappa shape index (κ3) is 5.82. The first kappa shape index (κ1) is 23.6. The highest BCUT2D eigenvalue weighted by Crippen LogP contribution is 2.37. The lowest BCUT2D eigenvalue weighted by Crippen LogP contribution is -2.18. The van der Waals surface area contributed by atoms with Crippen LogP contribution in [-0.4, -0.2) is 39.8 Å². The molecule has 2 aromatic carbocycles. The van der Waals surface area contributed by atoms with Crippen molar-refractivity contribution >= 4 is 11.9 Å². The fourth-order valence-electron chi connectivity index (χ4n) is 3.66. The Hall–Kier alpha value is -4.01. The number of carbonyl (C=O) groups is 2. The smallest absolute Gasteiger partial charge is 0.311 e. The number of esters is 2. The van der Waals surface area contributed by atoms with Crippen molar-refractivity contribution < 1.29 is 24.0 Å². The Morgan fingerprint density at radius 3 is 2.48 bits per heavy atom. The molecule has 9 heteroatoms. The van der Waals surface area contributed by atoms with Crippen LogP contribution in [0.25, 0.3) is 5.69 Å². The number of ether oxygens (including phenoxy) is 2. The number of hydrogen-bond donors (Lipinski definition) is 0. The minimum Gasteiger partial charge on any atom is -0.466 e. The molecular formula is C24H25N3O6. The van der Waals surface area contributed by atoms with Crippen molar-refractivity contribution in [3.8, 4) is 11.6 Å². The van der Waals surface area contributed by atoms with E-state index in [0.717, 1.165) is 5.56 Å². The van der Waals surface area contributed by atoms with Crippen LogP contribution in [0.3, 0.4) is 0 Å². The molecule has 0 spiro atoms. The van der Waals surface area contributed by atoms with Gasteiger partial charge in [0.15, 0.2) is 0 Å². The number of rotatable bonds is 9. The van der Waals surface area contributed by atoms with E-state index in [1.54, 1.807) is 43.3 Å². The van der Waals surface area contributed by atoms with Gasteiger partial charge in [0.2, 0.25) is 12.4 Å². The minimum atomic E-state index is -0.809. The summed E-state index contributed by atoms with van der Waals surface area (Å²) in [7, 11) is 0. The van der Waals surface area contributed by atoms with E-state index in [1.165, 1.54) is 11.6 Å². The molecule has 0 aliphatic heterocycles. The van der Waals surface area contributed by atoms with Crippen molar-refractivity contribution in [3.05, 3.63) is 87.1 Å². The number of nitrogens with zero attached hydrogens (tertiary/aromatic N) is 3. The number of para-hydroxylation sites is 1. The summed E-state index contributed by atoms with van der Waals surface area (Å²) < 4.78 is 12.0. The minimum absolute atomic E-state index is 0.0429. The lowest BCUT2D eigenvalue weighted by molar-refractivity contribution is -0.481. The van der Waals surface area contributed by atoms with Crippen LogP contribution in [0, 0.1) is 17.0 Å². The number of carbonyl (C=O) groups excluding carboxylic acids is 2. The summed E-state index contributed by atoms with van der Waals surface area (Å²) in [6.07, 6.45) is -0.225. The summed E-state index contributed by atoms with van der Waals surface area (Å²) in [6.45, 7) is 4.52. The van der Waals surface area contributed by atoms with E-state index in [1.807, 2.05) is 25.1 Å². The van der Waals surface area contributed by atoms with E-state index in [4.69, 9.17) is 9.47 Å². The van der Waals surface area contributed by atoms with Gasteiger partial charge in [-0.15, -0.1) is 0 Å². The Morgan fingerprint density at radius 1 is 1.15 bits per heavy atom. The van der Waals surface area contributed by atoms with Crippen LogP contribution < -0.4 is 4.74 Å². The van der Waals surface area contributed by atoms with E-state index in [2.05, 4.69) is 5.10 Å². The molecule has 3 rings (SSSR count). The Balaban J connectivity index is 2.30. The summed E-state index contributed by atoms with van der Waals surface area (Å²) in [5.74, 6) is -1.91. The van der Waals surface area contributed by atoms with Crippen molar-refractivity contribution in [3.63, 3.8) is 0 Å². The first-order valence-corrected chi connectivity index (χ1v) is 10.5. The number of aryl methyl sites for hydroxylation is 1.